The highest BCUT2D eigenvalue weighted by molar-refractivity contribution is 5.95. The maximum absolute atomic E-state index is 12.0. The Balaban J connectivity index is 2.91. The van der Waals surface area contributed by atoms with Crippen LogP contribution in [0.2, 0.25) is 0 Å². The number of rotatable bonds is 3. The number of amides is 1. The molecule has 0 radical (unpaired) electrons. The summed E-state index contributed by atoms with van der Waals surface area (Å²) in [7, 11) is 1.66. The lowest BCUT2D eigenvalue weighted by Gasteiger charge is -2.19. The van der Waals surface area contributed by atoms with Crippen LogP contribution in [0.15, 0.2) is 6.07 Å². The summed E-state index contributed by atoms with van der Waals surface area (Å²) in [6, 6.07) is 1.71. The van der Waals surface area contributed by atoms with Crippen LogP contribution in [0.1, 0.15) is 28.7 Å². The van der Waals surface area contributed by atoms with Gasteiger partial charge in [0.2, 0.25) is 0 Å². The highest BCUT2D eigenvalue weighted by atomic mass is 16.3. The second kappa shape index (κ2) is 5.03. The summed E-state index contributed by atoms with van der Waals surface area (Å²) in [5.74, 6) is -0.142. The van der Waals surface area contributed by atoms with Gasteiger partial charge in [-0.25, -0.2) is 0 Å². The van der Waals surface area contributed by atoms with Gasteiger partial charge in [-0.2, -0.15) is 10.2 Å². The van der Waals surface area contributed by atoms with Gasteiger partial charge in [0, 0.05) is 13.6 Å². The fourth-order valence-corrected chi connectivity index (χ4v) is 1.45. The molecule has 1 aromatic rings. The summed E-state index contributed by atoms with van der Waals surface area (Å²) < 4.78 is 0. The summed E-state index contributed by atoms with van der Waals surface area (Å²) in [5.41, 5.74) is 1.85. The Kier molecular flexibility index (Phi) is 3.95. The Morgan fingerprint density at radius 2 is 2.12 bits per heavy atom. The Morgan fingerprint density at radius 1 is 1.50 bits per heavy atom. The van der Waals surface area contributed by atoms with Crippen LogP contribution >= 0.6 is 0 Å². The van der Waals surface area contributed by atoms with E-state index < -0.39 is 6.10 Å². The monoisotopic (exact) mass is 223 g/mol. The van der Waals surface area contributed by atoms with E-state index in [1.807, 2.05) is 0 Å². The molecule has 1 heterocycles. The predicted octanol–water partition coefficient (Wildman–Crippen LogP) is 0.546. The van der Waals surface area contributed by atoms with Crippen molar-refractivity contribution in [3.63, 3.8) is 0 Å². The minimum atomic E-state index is -0.537. The highest BCUT2D eigenvalue weighted by Crippen LogP contribution is 2.08. The van der Waals surface area contributed by atoms with Crippen molar-refractivity contribution in [2.45, 2.75) is 26.9 Å². The third-order valence-electron chi connectivity index (χ3n) is 2.22. The molecule has 0 aromatic carbocycles. The number of aromatic nitrogens is 2. The number of hydrogen-bond acceptors (Lipinski definition) is 4. The second-order valence-corrected chi connectivity index (χ2v) is 4.02. The van der Waals surface area contributed by atoms with Crippen molar-refractivity contribution in [3.05, 3.63) is 23.0 Å². The molecular weight excluding hydrogens is 206 g/mol. The smallest absolute Gasteiger partial charge is 0.255 e. The molecule has 0 bridgehead atoms. The normalized spacial score (nSPS) is 12.3. The van der Waals surface area contributed by atoms with Crippen LogP contribution in [-0.4, -0.2) is 45.8 Å². The number of aliphatic hydroxyl groups excluding tert-OH is 1. The lowest BCUT2D eigenvalue weighted by Crippen LogP contribution is -2.33. The van der Waals surface area contributed by atoms with Gasteiger partial charge in [-0.15, -0.1) is 0 Å². The van der Waals surface area contributed by atoms with E-state index >= 15 is 0 Å². The summed E-state index contributed by atoms with van der Waals surface area (Å²) in [6.07, 6.45) is -0.537. The topological polar surface area (TPSA) is 66.3 Å². The van der Waals surface area contributed by atoms with Crippen LogP contribution in [0.3, 0.4) is 0 Å². The van der Waals surface area contributed by atoms with Crippen LogP contribution in [0.5, 0.6) is 0 Å². The van der Waals surface area contributed by atoms with Gasteiger partial charge in [0.05, 0.1) is 23.1 Å². The number of nitrogens with zero attached hydrogens (tertiary/aromatic N) is 3. The van der Waals surface area contributed by atoms with E-state index in [0.717, 1.165) is 0 Å². The standard InChI is InChI=1S/C11H17N3O2/c1-7-5-10(9(3)13-12-7)11(16)14(4)6-8(2)15/h5,8,15H,6H2,1-4H3. The molecule has 0 aliphatic heterocycles. The number of aliphatic hydroxyl groups is 1. The zero-order valence-electron chi connectivity index (χ0n) is 10.1. The molecule has 5 heteroatoms. The Labute approximate surface area is 95.1 Å². The van der Waals surface area contributed by atoms with E-state index in [1.165, 1.54) is 4.90 Å². The first-order chi connectivity index (χ1) is 7.41. The number of carbonyl (C=O) groups is 1. The predicted molar refractivity (Wildman–Crippen MR) is 60.1 cm³/mol. The van der Waals surface area contributed by atoms with Gasteiger partial charge in [0.1, 0.15) is 0 Å². The van der Waals surface area contributed by atoms with E-state index in [0.29, 0.717) is 23.5 Å². The van der Waals surface area contributed by atoms with Crippen molar-refractivity contribution in [2.75, 3.05) is 13.6 Å². The molecular formula is C11H17N3O2. The quantitative estimate of drug-likeness (QED) is 0.812. The molecule has 0 fully saturated rings. The molecule has 1 N–H and O–H groups in total. The average molecular weight is 223 g/mol. The first-order valence-corrected chi connectivity index (χ1v) is 5.16. The molecule has 1 atom stereocenters. The first-order valence-electron chi connectivity index (χ1n) is 5.16. The summed E-state index contributed by atoms with van der Waals surface area (Å²) in [5, 5.41) is 17.0. The van der Waals surface area contributed by atoms with Gasteiger partial charge in [-0.3, -0.25) is 4.79 Å². The molecule has 0 saturated carbocycles. The Hall–Kier alpha value is -1.49. The SMILES string of the molecule is Cc1cc(C(=O)N(C)CC(C)O)c(C)nn1. The van der Waals surface area contributed by atoms with Gasteiger partial charge >= 0.3 is 0 Å². The molecule has 88 valence electrons. The molecule has 1 unspecified atom stereocenters. The molecule has 5 nitrogen and oxygen atoms in total. The van der Waals surface area contributed by atoms with Crippen molar-refractivity contribution in [2.24, 2.45) is 0 Å². The lowest BCUT2D eigenvalue weighted by atomic mass is 10.1. The van der Waals surface area contributed by atoms with Crippen molar-refractivity contribution in [3.8, 4) is 0 Å². The van der Waals surface area contributed by atoms with Gasteiger partial charge < -0.3 is 10.0 Å². The Morgan fingerprint density at radius 3 is 2.69 bits per heavy atom. The second-order valence-electron chi connectivity index (χ2n) is 4.02. The van der Waals surface area contributed by atoms with Gasteiger partial charge in [0.15, 0.2) is 0 Å². The van der Waals surface area contributed by atoms with E-state index in [4.69, 9.17) is 0 Å². The van der Waals surface area contributed by atoms with Gasteiger partial charge in [-0.05, 0) is 26.8 Å². The van der Waals surface area contributed by atoms with Gasteiger partial charge in [0.25, 0.3) is 5.91 Å². The third kappa shape index (κ3) is 3.00. The summed E-state index contributed by atoms with van der Waals surface area (Å²) in [4.78, 5) is 13.5. The maximum Gasteiger partial charge on any atom is 0.255 e. The molecule has 0 aliphatic carbocycles. The van der Waals surface area contributed by atoms with Crippen LogP contribution in [-0.2, 0) is 0 Å². The zero-order valence-corrected chi connectivity index (χ0v) is 10.1. The van der Waals surface area contributed by atoms with Crippen molar-refractivity contribution >= 4 is 5.91 Å². The largest absolute Gasteiger partial charge is 0.392 e. The molecule has 0 aliphatic rings. The molecule has 16 heavy (non-hydrogen) atoms. The van der Waals surface area contributed by atoms with E-state index in [-0.39, 0.29) is 5.91 Å². The van der Waals surface area contributed by atoms with Crippen molar-refractivity contribution in [1.82, 2.24) is 15.1 Å². The minimum absolute atomic E-state index is 0.142. The van der Waals surface area contributed by atoms with E-state index in [9.17, 15) is 9.90 Å². The molecule has 0 spiro atoms. The van der Waals surface area contributed by atoms with Crippen LogP contribution in [0, 0.1) is 13.8 Å². The number of hydrogen-bond donors (Lipinski definition) is 1. The maximum atomic E-state index is 12.0. The molecule has 0 saturated heterocycles. The van der Waals surface area contributed by atoms with Crippen molar-refractivity contribution in [1.29, 1.82) is 0 Å². The number of likely N-dealkylation sites (N-methyl/N-ethyl adjacent to an activating group) is 1. The minimum Gasteiger partial charge on any atom is -0.392 e. The van der Waals surface area contributed by atoms with Crippen molar-refractivity contribution < 1.29 is 9.90 Å². The zero-order chi connectivity index (χ0) is 12.3. The lowest BCUT2D eigenvalue weighted by molar-refractivity contribution is 0.0702. The Bertz CT molecular complexity index is 391. The first kappa shape index (κ1) is 12.6. The molecule has 1 amide bonds. The third-order valence-corrected chi connectivity index (χ3v) is 2.22. The van der Waals surface area contributed by atoms with E-state index in [2.05, 4.69) is 10.2 Å². The van der Waals surface area contributed by atoms with E-state index in [1.54, 1.807) is 33.9 Å². The van der Waals surface area contributed by atoms with Crippen LogP contribution in [0.25, 0.3) is 0 Å². The molecule has 1 rings (SSSR count). The number of carbonyl (C=O) groups excluding carboxylic acids is 1. The number of aryl methyl sites for hydroxylation is 2. The van der Waals surface area contributed by atoms with Crippen LogP contribution in [0.4, 0.5) is 0 Å². The highest BCUT2D eigenvalue weighted by Gasteiger charge is 2.16. The summed E-state index contributed by atoms with van der Waals surface area (Å²) in [6.45, 7) is 5.49. The van der Waals surface area contributed by atoms with Gasteiger partial charge in [-0.1, -0.05) is 0 Å². The summed E-state index contributed by atoms with van der Waals surface area (Å²) >= 11 is 0. The fourth-order valence-electron chi connectivity index (χ4n) is 1.45. The van der Waals surface area contributed by atoms with Crippen LogP contribution < -0.4 is 0 Å². The average Bonchev–Trinajstić information content (AvgIpc) is 2.19. The fraction of sp³-hybridized carbons (Fsp3) is 0.545. The molecule has 1 aromatic heterocycles.